The van der Waals surface area contributed by atoms with E-state index in [1.807, 2.05) is 18.2 Å². The van der Waals surface area contributed by atoms with Crippen LogP contribution in [0.4, 0.5) is 5.69 Å². The van der Waals surface area contributed by atoms with E-state index in [-0.39, 0.29) is 23.1 Å². The highest BCUT2D eigenvalue weighted by Gasteiger charge is 2.16. The van der Waals surface area contributed by atoms with Crippen LogP contribution in [-0.2, 0) is 6.61 Å². The maximum atomic E-state index is 11.0. The lowest BCUT2D eigenvalue weighted by Crippen LogP contribution is -1.99. The third kappa shape index (κ3) is 2.80. The lowest BCUT2D eigenvalue weighted by molar-refractivity contribution is -0.385. The molecule has 1 heterocycles. The zero-order valence-electron chi connectivity index (χ0n) is 10.7. The van der Waals surface area contributed by atoms with E-state index in [1.54, 1.807) is 6.07 Å². The molecule has 0 aliphatic heterocycles. The van der Waals surface area contributed by atoms with Crippen molar-refractivity contribution in [1.82, 2.24) is 4.98 Å². The minimum atomic E-state index is -0.548. The van der Waals surface area contributed by atoms with Crippen molar-refractivity contribution in [3.05, 3.63) is 63.5 Å². The number of halogens is 1. The number of fused-ring (bicyclic) bond motifs is 1. The van der Waals surface area contributed by atoms with Crippen LogP contribution in [0.25, 0.3) is 11.1 Å². The van der Waals surface area contributed by atoms with Gasteiger partial charge in [-0.05, 0) is 24.3 Å². The zero-order valence-corrected chi connectivity index (χ0v) is 11.4. The van der Waals surface area contributed by atoms with E-state index in [0.29, 0.717) is 17.0 Å². The van der Waals surface area contributed by atoms with E-state index in [0.717, 1.165) is 0 Å². The van der Waals surface area contributed by atoms with Crippen LogP contribution in [0.3, 0.4) is 0 Å². The summed E-state index contributed by atoms with van der Waals surface area (Å²) in [5, 5.41) is 11.2. The number of aromatic nitrogens is 1. The number of para-hydroxylation sites is 2. The largest absolute Gasteiger partial charge is 0.477 e. The van der Waals surface area contributed by atoms with Gasteiger partial charge in [0, 0.05) is 11.1 Å². The van der Waals surface area contributed by atoms with Crippen LogP contribution >= 0.6 is 11.6 Å². The molecule has 0 fully saturated rings. The van der Waals surface area contributed by atoms with Gasteiger partial charge in [-0.2, -0.15) is 0 Å². The van der Waals surface area contributed by atoms with E-state index in [1.165, 1.54) is 18.2 Å². The van der Waals surface area contributed by atoms with Gasteiger partial charge in [-0.15, -0.1) is 0 Å². The second-order valence-corrected chi connectivity index (χ2v) is 4.67. The molecule has 3 rings (SSSR count). The standard InChI is InChI=1S/C14H9ClN2O4/c15-9-5-6-13(11(7-9)17(18)19)20-8-14-16-10-3-1-2-4-12(10)21-14/h1-7H,8H2. The predicted octanol–water partition coefficient (Wildman–Crippen LogP) is 3.97. The normalized spacial score (nSPS) is 10.7. The Bertz CT molecular complexity index is 783. The van der Waals surface area contributed by atoms with Crippen molar-refractivity contribution in [2.24, 2.45) is 0 Å². The van der Waals surface area contributed by atoms with Gasteiger partial charge >= 0.3 is 5.69 Å². The Morgan fingerprint density at radius 2 is 2.10 bits per heavy atom. The fourth-order valence-electron chi connectivity index (χ4n) is 1.88. The summed E-state index contributed by atoms with van der Waals surface area (Å²) >= 11 is 5.74. The molecule has 0 aliphatic rings. The minimum Gasteiger partial charge on any atom is -0.477 e. The summed E-state index contributed by atoms with van der Waals surface area (Å²) < 4.78 is 10.9. The zero-order chi connectivity index (χ0) is 14.8. The third-order valence-electron chi connectivity index (χ3n) is 2.81. The Hall–Kier alpha value is -2.60. The number of nitrogens with zero attached hydrogens (tertiary/aromatic N) is 2. The minimum absolute atomic E-state index is 0.00283. The summed E-state index contributed by atoms with van der Waals surface area (Å²) in [6.45, 7) is -0.00283. The van der Waals surface area contributed by atoms with Gasteiger partial charge in [-0.25, -0.2) is 4.98 Å². The molecule has 3 aromatic rings. The number of nitro benzene ring substituents is 1. The molecule has 0 radical (unpaired) electrons. The third-order valence-corrected chi connectivity index (χ3v) is 3.04. The van der Waals surface area contributed by atoms with Crippen molar-refractivity contribution in [2.45, 2.75) is 6.61 Å². The lowest BCUT2D eigenvalue weighted by Gasteiger charge is -2.04. The van der Waals surface area contributed by atoms with E-state index in [9.17, 15) is 10.1 Å². The average Bonchev–Trinajstić information content (AvgIpc) is 2.88. The number of hydrogen-bond donors (Lipinski definition) is 0. The monoisotopic (exact) mass is 304 g/mol. The molecule has 0 N–H and O–H groups in total. The van der Waals surface area contributed by atoms with Gasteiger partial charge in [-0.1, -0.05) is 23.7 Å². The van der Waals surface area contributed by atoms with Crippen LogP contribution in [0.2, 0.25) is 5.02 Å². The van der Waals surface area contributed by atoms with Crippen molar-refractivity contribution in [1.29, 1.82) is 0 Å². The molecular formula is C14H9ClN2O4. The Morgan fingerprint density at radius 3 is 2.86 bits per heavy atom. The number of nitro groups is 1. The molecule has 0 saturated heterocycles. The highest BCUT2D eigenvalue weighted by molar-refractivity contribution is 6.30. The molecule has 0 amide bonds. The molecule has 0 aliphatic carbocycles. The second-order valence-electron chi connectivity index (χ2n) is 4.23. The average molecular weight is 305 g/mol. The van der Waals surface area contributed by atoms with E-state index in [2.05, 4.69) is 4.98 Å². The first kappa shape index (κ1) is 13.4. The van der Waals surface area contributed by atoms with E-state index < -0.39 is 4.92 Å². The molecule has 0 bridgehead atoms. The maximum absolute atomic E-state index is 11.0. The molecular weight excluding hydrogens is 296 g/mol. The second kappa shape index (κ2) is 5.41. The number of oxazole rings is 1. The van der Waals surface area contributed by atoms with Gasteiger partial charge in [0.25, 0.3) is 0 Å². The van der Waals surface area contributed by atoms with Gasteiger partial charge in [-0.3, -0.25) is 10.1 Å². The van der Waals surface area contributed by atoms with Gasteiger partial charge in [0.2, 0.25) is 5.89 Å². The van der Waals surface area contributed by atoms with Crippen LogP contribution in [0.5, 0.6) is 5.75 Å². The summed E-state index contributed by atoms with van der Waals surface area (Å²) in [6, 6.07) is 11.5. The number of hydrogen-bond acceptors (Lipinski definition) is 5. The molecule has 0 spiro atoms. The van der Waals surface area contributed by atoms with Crippen LogP contribution < -0.4 is 4.74 Å². The first-order valence-electron chi connectivity index (χ1n) is 6.04. The first-order valence-corrected chi connectivity index (χ1v) is 6.42. The summed E-state index contributed by atoms with van der Waals surface area (Å²) in [5.74, 6) is 0.465. The van der Waals surface area contributed by atoms with Crippen molar-refractivity contribution in [3.8, 4) is 5.75 Å². The summed E-state index contributed by atoms with van der Waals surface area (Å²) in [5.41, 5.74) is 1.15. The van der Waals surface area contributed by atoms with Gasteiger partial charge in [0.15, 0.2) is 17.9 Å². The SMILES string of the molecule is O=[N+]([O-])c1cc(Cl)ccc1OCc1nc2ccccc2o1. The Balaban J connectivity index is 1.83. The smallest absolute Gasteiger partial charge is 0.312 e. The van der Waals surface area contributed by atoms with Crippen LogP contribution in [0.15, 0.2) is 46.9 Å². The Labute approximate surface area is 124 Å². The van der Waals surface area contributed by atoms with Crippen molar-refractivity contribution in [3.63, 3.8) is 0 Å². The molecule has 7 heteroatoms. The molecule has 6 nitrogen and oxygen atoms in total. The van der Waals surface area contributed by atoms with E-state index in [4.69, 9.17) is 20.8 Å². The molecule has 0 saturated carbocycles. The summed E-state index contributed by atoms with van der Waals surface area (Å²) in [7, 11) is 0. The maximum Gasteiger partial charge on any atom is 0.312 e. The van der Waals surface area contributed by atoms with Crippen molar-refractivity contribution >= 4 is 28.4 Å². The van der Waals surface area contributed by atoms with Gasteiger partial charge in [0.1, 0.15) is 5.52 Å². The van der Waals surface area contributed by atoms with Crippen molar-refractivity contribution in [2.75, 3.05) is 0 Å². The fourth-order valence-corrected chi connectivity index (χ4v) is 2.04. The molecule has 0 unspecified atom stereocenters. The van der Waals surface area contributed by atoms with Crippen LogP contribution in [-0.4, -0.2) is 9.91 Å². The van der Waals surface area contributed by atoms with Crippen LogP contribution in [0, 0.1) is 10.1 Å². The summed E-state index contributed by atoms with van der Waals surface area (Å²) in [4.78, 5) is 14.6. The molecule has 2 aromatic carbocycles. The lowest BCUT2D eigenvalue weighted by atomic mass is 10.3. The topological polar surface area (TPSA) is 78.4 Å². The number of ether oxygens (including phenoxy) is 1. The first-order chi connectivity index (χ1) is 10.1. The predicted molar refractivity (Wildman–Crippen MR) is 76.4 cm³/mol. The number of rotatable bonds is 4. The highest BCUT2D eigenvalue weighted by atomic mass is 35.5. The Morgan fingerprint density at radius 1 is 1.29 bits per heavy atom. The quantitative estimate of drug-likeness (QED) is 0.538. The number of benzene rings is 2. The molecule has 21 heavy (non-hydrogen) atoms. The molecule has 1 aromatic heterocycles. The molecule has 106 valence electrons. The van der Waals surface area contributed by atoms with E-state index >= 15 is 0 Å². The van der Waals surface area contributed by atoms with Gasteiger partial charge in [0.05, 0.1) is 4.92 Å². The fraction of sp³-hybridized carbons (Fsp3) is 0.0714. The Kier molecular flexibility index (Phi) is 3.45. The van der Waals surface area contributed by atoms with Crippen molar-refractivity contribution < 1.29 is 14.1 Å². The van der Waals surface area contributed by atoms with Gasteiger partial charge < -0.3 is 9.15 Å². The molecule has 0 atom stereocenters. The van der Waals surface area contributed by atoms with Crippen LogP contribution in [0.1, 0.15) is 5.89 Å². The highest BCUT2D eigenvalue weighted by Crippen LogP contribution is 2.30. The summed E-state index contributed by atoms with van der Waals surface area (Å²) in [6.07, 6.45) is 0.